The summed E-state index contributed by atoms with van der Waals surface area (Å²) < 4.78 is 5.27. The first-order chi connectivity index (χ1) is 14.6. The monoisotopic (exact) mass is 402 g/mol. The van der Waals surface area contributed by atoms with Crippen LogP contribution in [0.3, 0.4) is 0 Å². The number of nitrogens with zero attached hydrogens (tertiary/aromatic N) is 2. The normalized spacial score (nSPS) is 15.9. The summed E-state index contributed by atoms with van der Waals surface area (Å²) in [5.74, 6) is 0.808. The number of ketones is 1. The molecule has 8 nitrogen and oxygen atoms in total. The maximum Gasteiger partial charge on any atom is 0.262 e. The van der Waals surface area contributed by atoms with Gasteiger partial charge in [0.2, 0.25) is 5.95 Å². The van der Waals surface area contributed by atoms with E-state index in [1.807, 2.05) is 12.1 Å². The van der Waals surface area contributed by atoms with E-state index in [1.54, 1.807) is 30.5 Å². The van der Waals surface area contributed by atoms with Crippen LogP contribution in [0.4, 0.5) is 5.95 Å². The molecule has 1 unspecified atom stereocenters. The van der Waals surface area contributed by atoms with E-state index in [4.69, 9.17) is 4.42 Å². The second-order valence-electron chi connectivity index (χ2n) is 7.28. The first-order valence-corrected chi connectivity index (χ1v) is 9.59. The van der Waals surface area contributed by atoms with Gasteiger partial charge in [0.15, 0.2) is 11.4 Å². The molecule has 8 heteroatoms. The Morgan fingerprint density at radius 2 is 2.03 bits per heavy atom. The van der Waals surface area contributed by atoms with Crippen LogP contribution in [0.25, 0.3) is 11.0 Å². The summed E-state index contributed by atoms with van der Waals surface area (Å²) in [7, 11) is 0. The zero-order valence-electron chi connectivity index (χ0n) is 15.9. The molecule has 150 valence electrons. The first kappa shape index (κ1) is 18.1. The highest BCUT2D eigenvalue weighted by atomic mass is 16.3. The number of rotatable bonds is 4. The average molecular weight is 402 g/mol. The van der Waals surface area contributed by atoms with Gasteiger partial charge in [0.05, 0.1) is 18.2 Å². The molecule has 4 aromatic rings. The molecular formula is C22H18N4O4. The first-order valence-electron chi connectivity index (χ1n) is 9.59. The van der Waals surface area contributed by atoms with Crippen LogP contribution in [0, 0.1) is 0 Å². The van der Waals surface area contributed by atoms with Crippen molar-refractivity contribution in [1.29, 1.82) is 0 Å². The fraction of sp³-hybridized carbons (Fsp3) is 0.182. The van der Waals surface area contributed by atoms with E-state index in [0.29, 0.717) is 40.8 Å². The van der Waals surface area contributed by atoms with E-state index in [2.05, 4.69) is 20.3 Å². The average Bonchev–Trinajstić information content (AvgIpc) is 3.26. The molecule has 3 N–H and O–H groups in total. The summed E-state index contributed by atoms with van der Waals surface area (Å²) in [6.45, 7) is 0.361. The predicted molar refractivity (Wildman–Crippen MR) is 110 cm³/mol. The van der Waals surface area contributed by atoms with E-state index in [9.17, 15) is 14.7 Å². The van der Waals surface area contributed by atoms with Gasteiger partial charge in [-0.15, -0.1) is 0 Å². The lowest BCUT2D eigenvalue weighted by molar-refractivity contribution is 0.0964. The molecule has 30 heavy (non-hydrogen) atoms. The molecule has 0 saturated carbocycles. The maximum atomic E-state index is 12.9. The van der Waals surface area contributed by atoms with Gasteiger partial charge in [0.1, 0.15) is 11.5 Å². The van der Waals surface area contributed by atoms with Gasteiger partial charge >= 0.3 is 0 Å². The van der Waals surface area contributed by atoms with Gasteiger partial charge in [-0.3, -0.25) is 14.6 Å². The number of phenols is 1. The van der Waals surface area contributed by atoms with Gasteiger partial charge < -0.3 is 14.8 Å². The standard InChI is InChI=1S/C22H18N4O4/c27-17-6-2-1-5-14(17)12-8-15-16(18(28)9-12)11-23-20-19(15)21(29)26-22(25-20)24-10-13-4-3-7-30-13/h1-7,11-12,27H,8-10H2,(H2,23,24,25,26,29). The van der Waals surface area contributed by atoms with Crippen molar-refractivity contribution in [1.82, 2.24) is 15.0 Å². The highest BCUT2D eigenvalue weighted by molar-refractivity contribution is 6.02. The number of aromatic amines is 1. The highest BCUT2D eigenvalue weighted by Crippen LogP contribution is 2.37. The summed E-state index contributed by atoms with van der Waals surface area (Å²) in [6, 6.07) is 10.6. The third-order valence-electron chi connectivity index (χ3n) is 5.41. The lowest BCUT2D eigenvalue weighted by atomic mass is 9.79. The van der Waals surface area contributed by atoms with Crippen LogP contribution in [0.2, 0.25) is 0 Å². The molecule has 0 saturated heterocycles. The zero-order valence-corrected chi connectivity index (χ0v) is 15.9. The Balaban J connectivity index is 1.54. The lowest BCUT2D eigenvalue weighted by Gasteiger charge is -2.25. The molecule has 1 aliphatic carbocycles. The quantitative estimate of drug-likeness (QED) is 0.479. The number of aromatic hydroxyl groups is 1. The van der Waals surface area contributed by atoms with Crippen LogP contribution in [0.5, 0.6) is 5.75 Å². The number of furan rings is 1. The van der Waals surface area contributed by atoms with Crippen molar-refractivity contribution in [2.24, 2.45) is 0 Å². The number of Topliss-reactive ketones (excluding diaryl/α,β-unsaturated/α-hetero) is 1. The topological polar surface area (TPSA) is 121 Å². The maximum absolute atomic E-state index is 12.9. The minimum absolute atomic E-state index is 0.0988. The number of carbonyl (C=O) groups excluding carboxylic acids is 1. The molecule has 1 atom stereocenters. The molecular weight excluding hydrogens is 384 g/mol. The van der Waals surface area contributed by atoms with Crippen molar-refractivity contribution in [2.75, 3.05) is 5.32 Å². The third kappa shape index (κ3) is 3.12. The number of H-pyrrole nitrogens is 1. The molecule has 3 heterocycles. The van der Waals surface area contributed by atoms with Crippen LogP contribution in [0.15, 0.2) is 58.1 Å². The molecule has 5 rings (SSSR count). The van der Waals surface area contributed by atoms with E-state index in [1.165, 1.54) is 6.20 Å². The van der Waals surface area contributed by atoms with Crippen LogP contribution < -0.4 is 10.9 Å². The number of aromatic nitrogens is 3. The van der Waals surface area contributed by atoms with Gasteiger partial charge in [-0.2, -0.15) is 4.98 Å². The highest BCUT2D eigenvalue weighted by Gasteiger charge is 2.30. The van der Waals surface area contributed by atoms with Crippen LogP contribution in [0.1, 0.15) is 39.6 Å². The lowest BCUT2D eigenvalue weighted by Crippen LogP contribution is -2.23. The van der Waals surface area contributed by atoms with Crippen molar-refractivity contribution in [3.63, 3.8) is 0 Å². The number of phenolic OH excluding ortho intramolecular Hbond substituents is 1. The van der Waals surface area contributed by atoms with Crippen molar-refractivity contribution < 1.29 is 14.3 Å². The van der Waals surface area contributed by atoms with Gasteiger partial charge in [-0.25, -0.2) is 4.98 Å². The van der Waals surface area contributed by atoms with Crippen molar-refractivity contribution in [2.45, 2.75) is 25.3 Å². The fourth-order valence-corrected chi connectivity index (χ4v) is 3.99. The van der Waals surface area contributed by atoms with E-state index < -0.39 is 0 Å². The Bertz CT molecular complexity index is 1310. The molecule has 0 spiro atoms. The summed E-state index contributed by atoms with van der Waals surface area (Å²) in [6.07, 6.45) is 3.76. The largest absolute Gasteiger partial charge is 0.508 e. The molecule has 0 radical (unpaired) electrons. The molecule has 0 aliphatic heterocycles. The number of anilines is 1. The Labute approximate surface area is 170 Å². The van der Waals surface area contributed by atoms with Gasteiger partial charge in [-0.05, 0) is 41.7 Å². The predicted octanol–water partition coefficient (Wildman–Crippen LogP) is 3.14. The summed E-state index contributed by atoms with van der Waals surface area (Å²) >= 11 is 0. The van der Waals surface area contributed by atoms with E-state index >= 15 is 0 Å². The Morgan fingerprint density at radius 3 is 2.83 bits per heavy atom. The minimum atomic E-state index is -0.364. The smallest absolute Gasteiger partial charge is 0.262 e. The van der Waals surface area contributed by atoms with Crippen molar-refractivity contribution in [3.8, 4) is 5.75 Å². The van der Waals surface area contributed by atoms with E-state index in [-0.39, 0.29) is 41.0 Å². The summed E-state index contributed by atoms with van der Waals surface area (Å²) in [4.78, 5) is 37.0. The zero-order chi connectivity index (χ0) is 20.7. The number of nitrogens with one attached hydrogen (secondary N) is 2. The number of carbonyl (C=O) groups is 1. The van der Waals surface area contributed by atoms with Gasteiger partial charge in [0.25, 0.3) is 5.56 Å². The van der Waals surface area contributed by atoms with Gasteiger partial charge in [0, 0.05) is 18.2 Å². The van der Waals surface area contributed by atoms with Crippen LogP contribution in [-0.4, -0.2) is 25.8 Å². The van der Waals surface area contributed by atoms with Crippen molar-refractivity contribution >= 4 is 22.8 Å². The second kappa shape index (κ2) is 7.14. The van der Waals surface area contributed by atoms with Crippen LogP contribution >= 0.6 is 0 Å². The third-order valence-corrected chi connectivity index (χ3v) is 5.41. The Kier molecular flexibility index (Phi) is 4.31. The number of pyridine rings is 1. The van der Waals surface area contributed by atoms with Crippen LogP contribution in [-0.2, 0) is 13.0 Å². The number of hydrogen-bond donors (Lipinski definition) is 3. The summed E-state index contributed by atoms with van der Waals surface area (Å²) in [5, 5.41) is 13.5. The molecule has 3 aromatic heterocycles. The Morgan fingerprint density at radius 1 is 1.17 bits per heavy atom. The summed E-state index contributed by atoms with van der Waals surface area (Å²) in [5.41, 5.74) is 1.67. The Hall–Kier alpha value is -3.94. The number of hydrogen-bond acceptors (Lipinski definition) is 7. The molecule has 0 bridgehead atoms. The van der Waals surface area contributed by atoms with E-state index in [0.717, 1.165) is 0 Å². The molecule has 0 fully saturated rings. The SMILES string of the molecule is O=C1CC(c2ccccc2O)Cc2c1cnc1nc(NCc3ccco3)[nH]c(=O)c21. The fourth-order valence-electron chi connectivity index (χ4n) is 3.99. The number of fused-ring (bicyclic) bond motifs is 3. The number of benzene rings is 1. The molecule has 0 amide bonds. The molecule has 1 aliphatic rings. The van der Waals surface area contributed by atoms with Crippen molar-refractivity contribution in [3.05, 3.63) is 81.7 Å². The molecule has 1 aromatic carbocycles. The minimum Gasteiger partial charge on any atom is -0.508 e. The second-order valence-corrected chi connectivity index (χ2v) is 7.28. The number of para-hydroxylation sites is 1. The van der Waals surface area contributed by atoms with Gasteiger partial charge in [-0.1, -0.05) is 18.2 Å².